The van der Waals surface area contributed by atoms with Crippen molar-refractivity contribution in [2.45, 2.75) is 13.0 Å². The van der Waals surface area contributed by atoms with Gasteiger partial charge in [-0.05, 0) is 51.5 Å². The van der Waals surface area contributed by atoms with Gasteiger partial charge in [0, 0.05) is 6.04 Å². The standard InChI is InChI=1S/C10H10BrFINO3/c1-4(14)3-17-9-7(11)6(12)2-5(8(9)13)10(15)16/h2,4H,3,14H2,1H3,(H,15,16)/t4-/m0/s1. The molecule has 1 aromatic rings. The minimum absolute atomic E-state index is 0.104. The molecule has 1 atom stereocenters. The lowest BCUT2D eigenvalue weighted by molar-refractivity contribution is 0.0694. The number of hydrogen-bond acceptors (Lipinski definition) is 3. The van der Waals surface area contributed by atoms with Crippen molar-refractivity contribution in [1.82, 2.24) is 0 Å². The normalized spacial score (nSPS) is 12.3. The average Bonchev–Trinajstić information content (AvgIpc) is 2.22. The first kappa shape index (κ1) is 14.7. The van der Waals surface area contributed by atoms with E-state index in [1.165, 1.54) is 0 Å². The zero-order valence-corrected chi connectivity index (χ0v) is 12.6. The van der Waals surface area contributed by atoms with Crippen LogP contribution < -0.4 is 10.5 Å². The molecular weight excluding hydrogens is 408 g/mol. The highest BCUT2D eigenvalue weighted by atomic mass is 127. The SMILES string of the molecule is C[C@H](N)COc1c(Br)c(F)cc(C(=O)O)c1I. The molecule has 0 radical (unpaired) electrons. The molecular formula is C10H10BrFINO3. The quantitative estimate of drug-likeness (QED) is 0.583. The van der Waals surface area contributed by atoms with Gasteiger partial charge in [-0.1, -0.05) is 0 Å². The summed E-state index contributed by atoms with van der Waals surface area (Å²) >= 11 is 4.83. The molecule has 7 heteroatoms. The smallest absolute Gasteiger partial charge is 0.337 e. The Kier molecular flexibility index (Phi) is 5.14. The predicted octanol–water partition coefficient (Wildman–Crippen LogP) is 2.62. The van der Waals surface area contributed by atoms with Gasteiger partial charge in [0.05, 0.1) is 13.6 Å². The first-order chi connectivity index (χ1) is 7.84. The second-order valence-corrected chi connectivity index (χ2v) is 5.33. The van der Waals surface area contributed by atoms with Crippen molar-refractivity contribution >= 4 is 44.5 Å². The van der Waals surface area contributed by atoms with Crippen molar-refractivity contribution < 1.29 is 19.0 Å². The largest absolute Gasteiger partial charge is 0.490 e. The van der Waals surface area contributed by atoms with E-state index in [-0.39, 0.29) is 28.4 Å². The summed E-state index contributed by atoms with van der Waals surface area (Å²) in [5, 5.41) is 8.92. The van der Waals surface area contributed by atoms with Gasteiger partial charge in [0.2, 0.25) is 0 Å². The first-order valence-corrected chi connectivity index (χ1v) is 6.51. The molecule has 4 nitrogen and oxygen atoms in total. The zero-order chi connectivity index (χ0) is 13.2. The molecule has 1 aromatic carbocycles. The molecule has 17 heavy (non-hydrogen) atoms. The predicted molar refractivity (Wildman–Crippen MR) is 72.9 cm³/mol. The lowest BCUT2D eigenvalue weighted by Gasteiger charge is -2.14. The minimum Gasteiger partial charge on any atom is -0.490 e. The number of benzene rings is 1. The molecule has 1 rings (SSSR count). The summed E-state index contributed by atoms with van der Waals surface area (Å²) in [6.45, 7) is 1.91. The Morgan fingerprint density at radius 1 is 1.76 bits per heavy atom. The van der Waals surface area contributed by atoms with Gasteiger partial charge in [-0.25, -0.2) is 9.18 Å². The summed E-state index contributed by atoms with van der Waals surface area (Å²) in [5.74, 6) is -1.71. The average molecular weight is 418 g/mol. The number of carboxylic acids is 1. The molecule has 0 saturated carbocycles. The van der Waals surface area contributed by atoms with E-state index in [0.29, 0.717) is 3.57 Å². The van der Waals surface area contributed by atoms with Gasteiger partial charge in [0.25, 0.3) is 0 Å². The fourth-order valence-corrected chi connectivity index (χ4v) is 2.69. The fraction of sp³-hybridized carbons (Fsp3) is 0.300. The summed E-state index contributed by atoms with van der Waals surface area (Å²) in [6.07, 6.45) is 0. The first-order valence-electron chi connectivity index (χ1n) is 4.63. The van der Waals surface area contributed by atoms with E-state index in [4.69, 9.17) is 15.6 Å². The van der Waals surface area contributed by atoms with Crippen LogP contribution in [0.5, 0.6) is 5.75 Å². The summed E-state index contributed by atoms with van der Waals surface area (Å²) < 4.78 is 19.2. The third kappa shape index (κ3) is 3.52. The minimum atomic E-state index is -1.20. The van der Waals surface area contributed by atoms with Gasteiger partial charge in [-0.3, -0.25) is 0 Å². The highest BCUT2D eigenvalue weighted by Gasteiger charge is 2.20. The van der Waals surface area contributed by atoms with Gasteiger partial charge in [0.15, 0.2) is 5.75 Å². The van der Waals surface area contributed by atoms with Crippen molar-refractivity contribution in [2.75, 3.05) is 6.61 Å². The van der Waals surface area contributed by atoms with Crippen LogP contribution in [0.2, 0.25) is 0 Å². The molecule has 0 aliphatic rings. The Bertz CT molecular complexity index is 454. The summed E-state index contributed by atoms with van der Waals surface area (Å²) in [6, 6.07) is 0.724. The Morgan fingerprint density at radius 3 is 2.82 bits per heavy atom. The molecule has 0 aliphatic heterocycles. The number of ether oxygens (including phenoxy) is 1. The van der Waals surface area contributed by atoms with Crippen LogP contribution in [0, 0.1) is 9.39 Å². The van der Waals surface area contributed by atoms with Crippen molar-refractivity contribution in [3.05, 3.63) is 25.5 Å². The molecule has 0 fully saturated rings. The van der Waals surface area contributed by atoms with Crippen LogP contribution in [0.1, 0.15) is 17.3 Å². The molecule has 0 spiro atoms. The fourth-order valence-electron chi connectivity index (χ4n) is 1.08. The van der Waals surface area contributed by atoms with Crippen molar-refractivity contribution in [3.8, 4) is 5.75 Å². The maximum atomic E-state index is 13.5. The van der Waals surface area contributed by atoms with Crippen molar-refractivity contribution in [1.29, 1.82) is 0 Å². The van der Waals surface area contributed by atoms with Gasteiger partial charge in [-0.15, -0.1) is 0 Å². The van der Waals surface area contributed by atoms with E-state index in [0.717, 1.165) is 6.07 Å². The van der Waals surface area contributed by atoms with E-state index < -0.39 is 11.8 Å². The molecule has 0 bridgehead atoms. The maximum Gasteiger partial charge on any atom is 0.337 e. The van der Waals surface area contributed by atoms with Crippen LogP contribution >= 0.6 is 38.5 Å². The molecule has 94 valence electrons. The van der Waals surface area contributed by atoms with Crippen LogP contribution in [0.4, 0.5) is 4.39 Å². The Morgan fingerprint density at radius 2 is 2.35 bits per heavy atom. The lowest BCUT2D eigenvalue weighted by Crippen LogP contribution is -2.24. The molecule has 0 saturated heterocycles. The number of rotatable bonds is 4. The number of carbonyl (C=O) groups is 1. The number of halogens is 3. The Labute approximate surface area is 120 Å². The number of carboxylic acid groups (broad SMARTS) is 1. The highest BCUT2D eigenvalue weighted by molar-refractivity contribution is 14.1. The molecule has 0 heterocycles. The summed E-state index contributed by atoms with van der Waals surface area (Å²) in [5.41, 5.74) is 5.39. The third-order valence-electron chi connectivity index (χ3n) is 1.84. The van der Waals surface area contributed by atoms with Crippen molar-refractivity contribution in [2.24, 2.45) is 5.73 Å². The number of hydrogen-bond donors (Lipinski definition) is 2. The van der Waals surface area contributed by atoms with E-state index >= 15 is 0 Å². The second-order valence-electron chi connectivity index (χ2n) is 3.46. The van der Waals surface area contributed by atoms with Gasteiger partial charge >= 0.3 is 5.97 Å². The second kappa shape index (κ2) is 5.96. The van der Waals surface area contributed by atoms with E-state index in [2.05, 4.69) is 15.9 Å². The molecule has 0 amide bonds. The maximum absolute atomic E-state index is 13.5. The molecule has 0 unspecified atom stereocenters. The molecule has 3 N–H and O–H groups in total. The van der Waals surface area contributed by atoms with Gasteiger partial charge in [0.1, 0.15) is 12.4 Å². The zero-order valence-electron chi connectivity index (χ0n) is 8.84. The lowest BCUT2D eigenvalue weighted by atomic mass is 10.2. The topological polar surface area (TPSA) is 72.5 Å². The van der Waals surface area contributed by atoms with Gasteiger partial charge < -0.3 is 15.6 Å². The summed E-state index contributed by atoms with van der Waals surface area (Å²) in [4.78, 5) is 10.9. The third-order valence-corrected chi connectivity index (χ3v) is 3.65. The van der Waals surface area contributed by atoms with E-state index in [9.17, 15) is 9.18 Å². The van der Waals surface area contributed by atoms with E-state index in [1.807, 2.05) is 0 Å². The van der Waals surface area contributed by atoms with Crippen LogP contribution in [0.25, 0.3) is 0 Å². The van der Waals surface area contributed by atoms with Crippen LogP contribution in [0.15, 0.2) is 10.5 Å². The van der Waals surface area contributed by atoms with Crippen LogP contribution in [-0.4, -0.2) is 23.7 Å². The highest BCUT2D eigenvalue weighted by Crippen LogP contribution is 2.35. The van der Waals surface area contributed by atoms with E-state index in [1.54, 1.807) is 29.5 Å². The summed E-state index contributed by atoms with van der Waals surface area (Å²) in [7, 11) is 0. The monoisotopic (exact) mass is 417 g/mol. The van der Waals surface area contributed by atoms with Crippen molar-refractivity contribution in [3.63, 3.8) is 0 Å². The van der Waals surface area contributed by atoms with Gasteiger partial charge in [-0.2, -0.15) is 0 Å². The Hall–Kier alpha value is -0.410. The van der Waals surface area contributed by atoms with Crippen LogP contribution in [0.3, 0.4) is 0 Å². The number of aromatic carboxylic acids is 1. The van der Waals surface area contributed by atoms with Crippen LogP contribution in [-0.2, 0) is 0 Å². The molecule has 0 aromatic heterocycles. The molecule has 0 aliphatic carbocycles. The number of nitrogens with two attached hydrogens (primary N) is 1. The Balaban J connectivity index is 3.22.